The molecule has 0 saturated carbocycles. The van der Waals surface area contributed by atoms with Gasteiger partial charge in [0.15, 0.2) is 0 Å². The molecule has 0 saturated heterocycles. The Bertz CT molecular complexity index is 547. The van der Waals surface area contributed by atoms with Gasteiger partial charge in [0.05, 0.1) is 18.1 Å². The van der Waals surface area contributed by atoms with Gasteiger partial charge < -0.3 is 10.0 Å². The van der Waals surface area contributed by atoms with E-state index >= 15 is 0 Å². The smallest absolute Gasteiger partial charge is 0.296 e. The summed E-state index contributed by atoms with van der Waals surface area (Å²) in [6.45, 7) is 3.54. The fraction of sp³-hybridized carbons (Fsp3) is 0.727. The Morgan fingerprint density at radius 3 is 1.79 bits per heavy atom. The summed E-state index contributed by atoms with van der Waals surface area (Å²) < 4.78 is 28.8. The zero-order chi connectivity index (χ0) is 21.1. The minimum atomic E-state index is -3.57. The van der Waals surface area contributed by atoms with Gasteiger partial charge in [0, 0.05) is 6.54 Å². The zero-order valence-corrected chi connectivity index (χ0v) is 18.9. The lowest BCUT2D eigenvalue weighted by atomic mass is 10.1. The molecule has 0 aliphatic carbocycles. The molecule has 0 bridgehead atoms. The average molecular weight is 416 g/mol. The molecule has 28 heavy (non-hydrogen) atoms. The maximum absolute atomic E-state index is 11.9. The van der Waals surface area contributed by atoms with Crippen LogP contribution in [0.3, 0.4) is 0 Å². The Kier molecular flexibility index (Phi) is 17.5. The SMILES string of the molecule is CCCCCCCCCCCCOS(=O)(=O)c1ccccc1.CN(C)CCO. The average Bonchev–Trinajstić information content (AvgIpc) is 2.67. The minimum Gasteiger partial charge on any atom is -0.395 e. The number of hydrogen-bond donors (Lipinski definition) is 1. The predicted octanol–water partition coefficient (Wildman–Crippen LogP) is 4.85. The summed E-state index contributed by atoms with van der Waals surface area (Å²) in [4.78, 5) is 2.17. The standard InChI is InChI=1S/C18H30O3S.C4H11NO/c1-2-3-4-5-6-7-8-9-10-14-17-21-22(19,20)18-15-12-11-13-16-18;1-5(2)3-4-6/h11-13,15-16H,2-10,14,17H2,1H3;6H,3-4H2,1-2H3. The van der Waals surface area contributed by atoms with Gasteiger partial charge >= 0.3 is 0 Å². The second kappa shape index (κ2) is 18.1. The maximum atomic E-state index is 11.9. The van der Waals surface area contributed by atoms with Crippen LogP contribution in [0.15, 0.2) is 35.2 Å². The van der Waals surface area contributed by atoms with Crippen LogP contribution < -0.4 is 0 Å². The van der Waals surface area contributed by atoms with Crippen LogP contribution in [-0.4, -0.2) is 52.3 Å². The highest BCUT2D eigenvalue weighted by Crippen LogP contribution is 2.13. The predicted molar refractivity (Wildman–Crippen MR) is 117 cm³/mol. The van der Waals surface area contributed by atoms with Crippen molar-refractivity contribution in [2.45, 2.75) is 76.0 Å². The number of rotatable bonds is 15. The molecule has 1 aromatic carbocycles. The molecular formula is C22H41NO4S. The van der Waals surface area contributed by atoms with Crippen LogP contribution in [-0.2, 0) is 14.3 Å². The molecule has 0 amide bonds. The number of hydrogen-bond acceptors (Lipinski definition) is 5. The van der Waals surface area contributed by atoms with Crippen molar-refractivity contribution >= 4 is 10.1 Å². The molecule has 0 aliphatic rings. The normalized spacial score (nSPS) is 11.3. The van der Waals surface area contributed by atoms with E-state index in [0.29, 0.717) is 0 Å². The van der Waals surface area contributed by atoms with E-state index in [1.165, 1.54) is 51.4 Å². The summed E-state index contributed by atoms with van der Waals surface area (Å²) in [5, 5.41) is 8.20. The highest BCUT2D eigenvalue weighted by molar-refractivity contribution is 7.86. The third-order valence-electron chi connectivity index (χ3n) is 4.32. The number of benzene rings is 1. The maximum Gasteiger partial charge on any atom is 0.296 e. The van der Waals surface area contributed by atoms with Gasteiger partial charge in [0.25, 0.3) is 10.1 Å². The molecule has 0 atom stereocenters. The molecule has 1 N–H and O–H groups in total. The van der Waals surface area contributed by atoms with E-state index in [4.69, 9.17) is 9.29 Å². The van der Waals surface area contributed by atoms with Crippen molar-refractivity contribution in [3.05, 3.63) is 30.3 Å². The van der Waals surface area contributed by atoms with Crippen molar-refractivity contribution in [2.24, 2.45) is 0 Å². The molecule has 0 aromatic heterocycles. The fourth-order valence-corrected chi connectivity index (χ4v) is 3.58. The Hall–Kier alpha value is -0.950. The molecule has 0 spiro atoms. The highest BCUT2D eigenvalue weighted by Gasteiger charge is 2.13. The molecule has 0 heterocycles. The molecule has 6 heteroatoms. The Morgan fingerprint density at radius 1 is 0.857 bits per heavy atom. The highest BCUT2D eigenvalue weighted by atomic mass is 32.2. The Balaban J connectivity index is 0.00000105. The van der Waals surface area contributed by atoms with E-state index in [0.717, 1.165) is 19.4 Å². The Morgan fingerprint density at radius 2 is 1.36 bits per heavy atom. The van der Waals surface area contributed by atoms with Crippen molar-refractivity contribution in [1.82, 2.24) is 4.90 Å². The zero-order valence-electron chi connectivity index (χ0n) is 18.1. The first kappa shape index (κ1) is 27.0. The minimum absolute atomic E-state index is 0.238. The van der Waals surface area contributed by atoms with E-state index in [2.05, 4.69) is 6.92 Å². The number of likely N-dealkylation sites (N-methyl/N-ethyl adjacent to an activating group) is 1. The molecule has 0 unspecified atom stereocenters. The van der Waals surface area contributed by atoms with Gasteiger partial charge in [-0.3, -0.25) is 4.18 Å². The van der Waals surface area contributed by atoms with E-state index in [1.807, 2.05) is 19.0 Å². The largest absolute Gasteiger partial charge is 0.395 e. The summed E-state index contributed by atoms with van der Waals surface area (Å²) in [5.41, 5.74) is 0. The summed E-state index contributed by atoms with van der Waals surface area (Å²) in [6.07, 6.45) is 12.3. The van der Waals surface area contributed by atoms with Gasteiger partial charge in [0.1, 0.15) is 0 Å². The molecule has 0 fully saturated rings. The molecule has 0 radical (unpaired) electrons. The van der Waals surface area contributed by atoms with Gasteiger partial charge in [-0.25, -0.2) is 0 Å². The van der Waals surface area contributed by atoms with E-state index in [9.17, 15) is 8.42 Å². The van der Waals surface area contributed by atoms with Gasteiger partial charge in [0.2, 0.25) is 0 Å². The van der Waals surface area contributed by atoms with Crippen molar-refractivity contribution in [1.29, 1.82) is 0 Å². The van der Waals surface area contributed by atoms with Gasteiger partial charge in [-0.1, -0.05) is 82.9 Å². The number of unbranched alkanes of at least 4 members (excludes halogenated alkanes) is 9. The molecule has 5 nitrogen and oxygen atoms in total. The summed E-state index contributed by atoms with van der Waals surface area (Å²) in [5.74, 6) is 0. The van der Waals surface area contributed by atoms with Gasteiger partial charge in [-0.05, 0) is 32.6 Å². The quantitative estimate of drug-likeness (QED) is 0.327. The second-order valence-electron chi connectivity index (χ2n) is 7.30. The van der Waals surface area contributed by atoms with E-state index in [-0.39, 0.29) is 18.1 Å². The fourth-order valence-electron chi connectivity index (χ4n) is 2.61. The van der Waals surface area contributed by atoms with Gasteiger partial charge in [-0.2, -0.15) is 8.42 Å². The van der Waals surface area contributed by atoms with Crippen LogP contribution >= 0.6 is 0 Å². The topological polar surface area (TPSA) is 66.8 Å². The molecule has 164 valence electrons. The van der Waals surface area contributed by atoms with Crippen molar-refractivity contribution in [3.63, 3.8) is 0 Å². The second-order valence-corrected chi connectivity index (χ2v) is 8.91. The van der Waals surface area contributed by atoms with Crippen molar-refractivity contribution in [2.75, 3.05) is 33.9 Å². The number of nitrogens with zero attached hydrogens (tertiary/aromatic N) is 1. The molecule has 0 aliphatic heterocycles. The van der Waals surface area contributed by atoms with E-state index in [1.54, 1.807) is 30.3 Å². The monoisotopic (exact) mass is 415 g/mol. The van der Waals surface area contributed by atoms with Crippen LogP contribution in [0.2, 0.25) is 0 Å². The first-order chi connectivity index (χ1) is 13.4. The molecule has 1 rings (SSSR count). The first-order valence-electron chi connectivity index (χ1n) is 10.6. The van der Waals surface area contributed by atoms with Crippen LogP contribution in [0, 0.1) is 0 Å². The van der Waals surface area contributed by atoms with Crippen molar-refractivity contribution < 1.29 is 17.7 Å². The lowest BCUT2D eigenvalue weighted by Gasteiger charge is -2.05. The van der Waals surface area contributed by atoms with Gasteiger partial charge in [-0.15, -0.1) is 0 Å². The Labute approximate surface area is 173 Å². The van der Waals surface area contributed by atoms with Crippen molar-refractivity contribution in [3.8, 4) is 0 Å². The summed E-state index contributed by atoms with van der Waals surface area (Å²) in [6, 6.07) is 8.33. The lowest BCUT2D eigenvalue weighted by molar-refractivity contribution is 0.243. The summed E-state index contributed by atoms with van der Waals surface area (Å²) >= 11 is 0. The first-order valence-corrected chi connectivity index (χ1v) is 12.0. The van der Waals surface area contributed by atoms with Crippen LogP contribution in [0.25, 0.3) is 0 Å². The molecular weight excluding hydrogens is 374 g/mol. The third-order valence-corrected chi connectivity index (χ3v) is 5.64. The lowest BCUT2D eigenvalue weighted by Crippen LogP contribution is -2.15. The van der Waals surface area contributed by atoms with Crippen LogP contribution in [0.1, 0.15) is 71.1 Å². The summed E-state index contributed by atoms with van der Waals surface area (Å²) in [7, 11) is 0.283. The van der Waals surface area contributed by atoms with Crippen LogP contribution in [0.5, 0.6) is 0 Å². The third kappa shape index (κ3) is 16.0. The molecule has 1 aromatic rings. The number of aliphatic hydroxyl groups excluding tert-OH is 1. The van der Waals surface area contributed by atoms with Crippen LogP contribution in [0.4, 0.5) is 0 Å². The number of aliphatic hydroxyl groups is 1. The van der Waals surface area contributed by atoms with E-state index < -0.39 is 10.1 Å².